The number of primary amides is 1. The average molecular weight is 187 g/mol. The number of esters is 1. The fourth-order valence-corrected chi connectivity index (χ4v) is 0.642. The summed E-state index contributed by atoms with van der Waals surface area (Å²) in [7, 11) is 0. The molecule has 0 aliphatic carbocycles. The van der Waals surface area contributed by atoms with Crippen molar-refractivity contribution >= 4 is 12.1 Å². The third-order valence-electron chi connectivity index (χ3n) is 1.25. The molecule has 0 heterocycles. The predicted molar refractivity (Wildman–Crippen MR) is 45.9 cm³/mol. The quantitative estimate of drug-likeness (QED) is 0.504. The normalized spacial score (nSPS) is 11.5. The lowest BCUT2D eigenvalue weighted by atomic mass is 10.3. The third kappa shape index (κ3) is 6.86. The van der Waals surface area contributed by atoms with E-state index in [2.05, 4.69) is 16.1 Å². The summed E-state index contributed by atoms with van der Waals surface area (Å²) in [6, 6.07) is 0. The minimum atomic E-state index is -0.831. The average Bonchev–Trinajstić information content (AvgIpc) is 2.02. The van der Waals surface area contributed by atoms with Crippen LogP contribution < -0.4 is 5.73 Å². The molecule has 0 radical (unpaired) electrons. The van der Waals surface area contributed by atoms with E-state index in [-0.39, 0.29) is 12.7 Å². The van der Waals surface area contributed by atoms with Crippen LogP contribution in [0.1, 0.15) is 13.3 Å². The molecule has 1 amide bonds. The summed E-state index contributed by atoms with van der Waals surface area (Å²) < 4.78 is 9.24. The molecule has 0 aliphatic rings. The van der Waals surface area contributed by atoms with Gasteiger partial charge in [-0.15, -0.1) is 0 Å². The number of amides is 1. The van der Waals surface area contributed by atoms with Gasteiger partial charge in [0.1, 0.15) is 6.10 Å². The van der Waals surface area contributed by atoms with E-state index in [1.54, 1.807) is 6.92 Å². The Labute approximate surface area is 76.5 Å². The van der Waals surface area contributed by atoms with Crippen LogP contribution in [0.25, 0.3) is 0 Å². The van der Waals surface area contributed by atoms with E-state index in [9.17, 15) is 9.59 Å². The van der Waals surface area contributed by atoms with Gasteiger partial charge in [-0.1, -0.05) is 6.58 Å². The molecule has 0 aliphatic heterocycles. The minimum Gasteiger partial charge on any atom is -0.462 e. The minimum absolute atomic E-state index is 0.180. The lowest BCUT2D eigenvalue weighted by Gasteiger charge is -2.10. The second-order valence-electron chi connectivity index (χ2n) is 2.41. The summed E-state index contributed by atoms with van der Waals surface area (Å²) in [4.78, 5) is 20.8. The Morgan fingerprint density at radius 1 is 1.62 bits per heavy atom. The predicted octanol–water partition coefficient (Wildman–Crippen LogP) is 0.590. The third-order valence-corrected chi connectivity index (χ3v) is 1.25. The maximum Gasteiger partial charge on any atom is 0.404 e. The van der Waals surface area contributed by atoms with Crippen molar-refractivity contribution in [1.29, 1.82) is 0 Å². The highest BCUT2D eigenvalue weighted by molar-refractivity contribution is 5.81. The summed E-state index contributed by atoms with van der Waals surface area (Å²) in [5, 5.41) is 0. The van der Waals surface area contributed by atoms with Crippen LogP contribution in [-0.2, 0) is 14.3 Å². The van der Waals surface area contributed by atoms with Crippen molar-refractivity contribution < 1.29 is 19.1 Å². The number of carbonyl (C=O) groups is 2. The second-order valence-corrected chi connectivity index (χ2v) is 2.41. The first-order chi connectivity index (χ1) is 6.06. The van der Waals surface area contributed by atoms with Crippen LogP contribution in [0.3, 0.4) is 0 Å². The molecule has 0 fully saturated rings. The Bertz CT molecular complexity index is 202. The standard InChI is InChI=1S/C8H13NO4/c1-3-7(10)12-5-4-6(2)13-8(9)11/h3,6H,1,4-5H2,2H3,(H2,9,11). The molecule has 74 valence electrons. The Balaban J connectivity index is 3.47. The maximum atomic E-state index is 10.5. The van der Waals surface area contributed by atoms with Gasteiger partial charge in [-0.2, -0.15) is 0 Å². The SMILES string of the molecule is C=CC(=O)OCCC(C)OC(N)=O. The van der Waals surface area contributed by atoms with Crippen molar-refractivity contribution in [2.75, 3.05) is 6.61 Å². The molecule has 0 saturated carbocycles. The first-order valence-corrected chi connectivity index (χ1v) is 3.81. The number of ether oxygens (including phenoxy) is 2. The smallest absolute Gasteiger partial charge is 0.404 e. The van der Waals surface area contributed by atoms with E-state index in [1.807, 2.05) is 0 Å². The molecular formula is C8H13NO4. The fourth-order valence-electron chi connectivity index (χ4n) is 0.642. The van der Waals surface area contributed by atoms with Crippen LogP contribution in [0, 0.1) is 0 Å². The molecule has 0 rings (SSSR count). The number of hydrogen-bond acceptors (Lipinski definition) is 4. The zero-order valence-corrected chi connectivity index (χ0v) is 7.49. The number of carbonyl (C=O) groups excluding carboxylic acids is 2. The van der Waals surface area contributed by atoms with Crippen LogP contribution in [0.2, 0.25) is 0 Å². The first-order valence-electron chi connectivity index (χ1n) is 3.81. The summed E-state index contributed by atoms with van der Waals surface area (Å²) in [5.74, 6) is -0.494. The topological polar surface area (TPSA) is 78.6 Å². The molecule has 13 heavy (non-hydrogen) atoms. The summed E-state index contributed by atoms with van der Waals surface area (Å²) >= 11 is 0. The molecule has 5 nitrogen and oxygen atoms in total. The zero-order valence-electron chi connectivity index (χ0n) is 7.49. The van der Waals surface area contributed by atoms with Gasteiger partial charge < -0.3 is 15.2 Å². The van der Waals surface area contributed by atoms with Crippen LogP contribution >= 0.6 is 0 Å². The Hall–Kier alpha value is -1.52. The highest BCUT2D eigenvalue weighted by Gasteiger charge is 2.06. The van der Waals surface area contributed by atoms with Crippen LogP contribution in [0.4, 0.5) is 4.79 Å². The van der Waals surface area contributed by atoms with Crippen molar-refractivity contribution in [3.8, 4) is 0 Å². The fraction of sp³-hybridized carbons (Fsp3) is 0.500. The Morgan fingerprint density at radius 2 is 2.23 bits per heavy atom. The van der Waals surface area contributed by atoms with Crippen molar-refractivity contribution in [1.82, 2.24) is 0 Å². The number of rotatable bonds is 5. The van der Waals surface area contributed by atoms with E-state index in [4.69, 9.17) is 5.73 Å². The van der Waals surface area contributed by atoms with Gasteiger partial charge in [-0.05, 0) is 6.92 Å². The van der Waals surface area contributed by atoms with E-state index in [0.717, 1.165) is 6.08 Å². The Kier molecular flexibility index (Phi) is 5.34. The molecule has 0 spiro atoms. The lowest BCUT2D eigenvalue weighted by molar-refractivity contribution is -0.138. The van der Waals surface area contributed by atoms with Crippen molar-refractivity contribution in [3.63, 3.8) is 0 Å². The van der Waals surface area contributed by atoms with E-state index < -0.39 is 12.1 Å². The molecule has 5 heteroatoms. The van der Waals surface area contributed by atoms with Gasteiger partial charge in [0, 0.05) is 12.5 Å². The van der Waals surface area contributed by atoms with Gasteiger partial charge in [-0.3, -0.25) is 0 Å². The number of hydrogen-bond donors (Lipinski definition) is 1. The van der Waals surface area contributed by atoms with Crippen LogP contribution in [-0.4, -0.2) is 24.8 Å². The van der Waals surface area contributed by atoms with Gasteiger partial charge in [0.15, 0.2) is 0 Å². The number of nitrogens with two attached hydrogens (primary N) is 1. The molecular weight excluding hydrogens is 174 g/mol. The highest BCUT2D eigenvalue weighted by atomic mass is 16.6. The van der Waals surface area contributed by atoms with Gasteiger partial charge in [0.25, 0.3) is 0 Å². The molecule has 0 saturated heterocycles. The molecule has 0 aromatic carbocycles. The van der Waals surface area contributed by atoms with E-state index >= 15 is 0 Å². The second kappa shape index (κ2) is 6.05. The molecule has 0 bridgehead atoms. The maximum absolute atomic E-state index is 10.5. The summed E-state index contributed by atoms with van der Waals surface area (Å²) in [5.41, 5.74) is 4.77. The largest absolute Gasteiger partial charge is 0.462 e. The zero-order chi connectivity index (χ0) is 10.3. The van der Waals surface area contributed by atoms with Crippen LogP contribution in [0.5, 0.6) is 0 Å². The summed E-state index contributed by atoms with van der Waals surface area (Å²) in [6.45, 7) is 5.07. The van der Waals surface area contributed by atoms with Gasteiger partial charge in [-0.25, -0.2) is 9.59 Å². The van der Waals surface area contributed by atoms with Gasteiger partial charge in [0.2, 0.25) is 0 Å². The monoisotopic (exact) mass is 187 g/mol. The molecule has 1 atom stereocenters. The van der Waals surface area contributed by atoms with Crippen molar-refractivity contribution in [2.24, 2.45) is 5.73 Å². The Morgan fingerprint density at radius 3 is 2.69 bits per heavy atom. The van der Waals surface area contributed by atoms with Gasteiger partial charge >= 0.3 is 12.1 Å². The molecule has 0 aromatic rings. The van der Waals surface area contributed by atoms with Crippen LogP contribution in [0.15, 0.2) is 12.7 Å². The molecule has 0 aromatic heterocycles. The van der Waals surface area contributed by atoms with Crippen molar-refractivity contribution in [3.05, 3.63) is 12.7 Å². The summed E-state index contributed by atoms with van der Waals surface area (Å²) in [6.07, 6.45) is 0.306. The van der Waals surface area contributed by atoms with E-state index in [0.29, 0.717) is 6.42 Å². The molecule has 2 N–H and O–H groups in total. The molecule has 1 unspecified atom stereocenters. The first kappa shape index (κ1) is 11.5. The lowest BCUT2D eigenvalue weighted by Crippen LogP contribution is -2.21. The van der Waals surface area contributed by atoms with Gasteiger partial charge in [0.05, 0.1) is 6.61 Å². The van der Waals surface area contributed by atoms with E-state index in [1.165, 1.54) is 0 Å². The highest BCUT2D eigenvalue weighted by Crippen LogP contribution is 1.97. The van der Waals surface area contributed by atoms with Crippen molar-refractivity contribution in [2.45, 2.75) is 19.4 Å².